The number of imide groups is 1. The molecule has 2 amide bonds. The van der Waals surface area contributed by atoms with Crippen LogP contribution in [0.15, 0.2) is 36.4 Å². The average Bonchev–Trinajstić information content (AvgIpc) is 2.28. The summed E-state index contributed by atoms with van der Waals surface area (Å²) in [5.41, 5.74) is 0.915. The van der Waals surface area contributed by atoms with Crippen molar-refractivity contribution in [1.29, 1.82) is 0 Å². The molecule has 0 unspecified atom stereocenters. The molecule has 2 N–H and O–H groups in total. The fourth-order valence-corrected chi connectivity index (χ4v) is 1.12. The van der Waals surface area contributed by atoms with Crippen LogP contribution >= 0.6 is 0 Å². The molecule has 0 bridgehead atoms. The molecule has 0 spiro atoms. The molecule has 0 radical (unpaired) electrons. The lowest BCUT2D eigenvalue weighted by Gasteiger charge is -1.99. The first-order chi connectivity index (χ1) is 7.72. The van der Waals surface area contributed by atoms with Crippen molar-refractivity contribution in [1.82, 2.24) is 10.6 Å². The van der Waals surface area contributed by atoms with Gasteiger partial charge in [0.25, 0.3) is 5.91 Å². The molecule has 0 fully saturated rings. The Morgan fingerprint density at radius 1 is 1.25 bits per heavy atom. The van der Waals surface area contributed by atoms with Crippen LogP contribution in [0.1, 0.15) is 5.56 Å². The molecular formula is C12H14N2O2. The molecule has 1 aromatic rings. The predicted octanol–water partition coefficient (Wildman–Crippen LogP) is 0.562. The Balaban J connectivity index is 2.46. The van der Waals surface area contributed by atoms with Gasteiger partial charge >= 0.3 is 0 Å². The van der Waals surface area contributed by atoms with Gasteiger partial charge in [-0.3, -0.25) is 14.9 Å². The van der Waals surface area contributed by atoms with Crippen molar-refractivity contribution >= 4 is 17.9 Å². The van der Waals surface area contributed by atoms with Crippen LogP contribution in [0.3, 0.4) is 0 Å². The van der Waals surface area contributed by atoms with Gasteiger partial charge in [0.05, 0.1) is 6.54 Å². The quantitative estimate of drug-likeness (QED) is 0.726. The van der Waals surface area contributed by atoms with Crippen molar-refractivity contribution in [3.05, 3.63) is 42.0 Å². The van der Waals surface area contributed by atoms with E-state index in [9.17, 15) is 9.59 Å². The Hall–Kier alpha value is -1.94. The van der Waals surface area contributed by atoms with Gasteiger partial charge in [-0.25, -0.2) is 0 Å². The van der Waals surface area contributed by atoms with E-state index in [0.717, 1.165) is 5.56 Å². The molecule has 0 aliphatic rings. The Kier molecular flexibility index (Phi) is 4.95. The van der Waals surface area contributed by atoms with Gasteiger partial charge in [0.15, 0.2) is 0 Å². The second-order valence-electron chi connectivity index (χ2n) is 3.19. The summed E-state index contributed by atoms with van der Waals surface area (Å²) in [5, 5.41) is 4.88. The van der Waals surface area contributed by atoms with Crippen molar-refractivity contribution in [3.63, 3.8) is 0 Å². The van der Waals surface area contributed by atoms with Crippen LogP contribution < -0.4 is 10.6 Å². The van der Waals surface area contributed by atoms with E-state index in [1.54, 1.807) is 13.1 Å². The zero-order chi connectivity index (χ0) is 11.8. The topological polar surface area (TPSA) is 58.2 Å². The van der Waals surface area contributed by atoms with Gasteiger partial charge in [-0.2, -0.15) is 0 Å². The first-order valence-corrected chi connectivity index (χ1v) is 4.94. The molecule has 0 atom stereocenters. The van der Waals surface area contributed by atoms with Gasteiger partial charge in [-0.15, -0.1) is 0 Å². The fraction of sp³-hybridized carbons (Fsp3) is 0.167. The highest BCUT2D eigenvalue weighted by atomic mass is 16.2. The van der Waals surface area contributed by atoms with E-state index < -0.39 is 5.91 Å². The van der Waals surface area contributed by atoms with Crippen LogP contribution in [-0.4, -0.2) is 25.4 Å². The summed E-state index contributed by atoms with van der Waals surface area (Å²) >= 11 is 0. The largest absolute Gasteiger partial charge is 0.311 e. The summed E-state index contributed by atoms with van der Waals surface area (Å²) in [7, 11) is 1.64. The molecule has 4 heteroatoms. The molecular weight excluding hydrogens is 204 g/mol. The van der Waals surface area contributed by atoms with E-state index in [-0.39, 0.29) is 12.5 Å². The molecule has 0 aliphatic heterocycles. The van der Waals surface area contributed by atoms with Crippen LogP contribution in [0.4, 0.5) is 0 Å². The molecule has 84 valence electrons. The minimum atomic E-state index is -0.413. The van der Waals surface area contributed by atoms with Crippen LogP contribution in [0, 0.1) is 0 Å². The SMILES string of the molecule is CNCC(=O)NC(=O)C=Cc1ccccc1. The lowest BCUT2D eigenvalue weighted by atomic mass is 10.2. The van der Waals surface area contributed by atoms with Gasteiger partial charge in [0.2, 0.25) is 5.91 Å². The third kappa shape index (κ3) is 4.52. The van der Waals surface area contributed by atoms with E-state index in [1.807, 2.05) is 30.3 Å². The van der Waals surface area contributed by atoms with Crippen molar-refractivity contribution in [2.75, 3.05) is 13.6 Å². The number of carbonyl (C=O) groups excluding carboxylic acids is 2. The summed E-state index contributed by atoms with van der Waals surface area (Å²) < 4.78 is 0. The Labute approximate surface area is 94.4 Å². The highest BCUT2D eigenvalue weighted by molar-refractivity contribution is 6.03. The zero-order valence-electron chi connectivity index (χ0n) is 9.07. The maximum Gasteiger partial charge on any atom is 0.250 e. The molecule has 1 rings (SSSR count). The lowest BCUT2D eigenvalue weighted by molar-refractivity contribution is -0.127. The summed E-state index contributed by atoms with van der Waals surface area (Å²) in [6.07, 6.45) is 2.99. The minimum Gasteiger partial charge on any atom is -0.311 e. The normalized spacial score (nSPS) is 10.3. The molecule has 0 aromatic heterocycles. The van der Waals surface area contributed by atoms with Crippen LogP contribution in [0.5, 0.6) is 0 Å². The number of likely N-dealkylation sites (N-methyl/N-ethyl adjacent to an activating group) is 1. The van der Waals surface area contributed by atoms with Crippen LogP contribution in [-0.2, 0) is 9.59 Å². The standard InChI is InChI=1S/C12H14N2O2/c1-13-9-12(16)14-11(15)8-7-10-5-3-2-4-6-10/h2-8,13H,9H2,1H3,(H,14,15,16). The highest BCUT2D eigenvalue weighted by Crippen LogP contribution is 2.00. The van der Waals surface area contributed by atoms with Crippen molar-refractivity contribution in [2.24, 2.45) is 0 Å². The van der Waals surface area contributed by atoms with E-state index in [1.165, 1.54) is 6.08 Å². The van der Waals surface area contributed by atoms with Crippen molar-refractivity contribution < 1.29 is 9.59 Å². The monoisotopic (exact) mass is 218 g/mol. The van der Waals surface area contributed by atoms with Crippen molar-refractivity contribution in [2.45, 2.75) is 0 Å². The van der Waals surface area contributed by atoms with Gasteiger partial charge < -0.3 is 5.32 Å². The zero-order valence-corrected chi connectivity index (χ0v) is 9.07. The molecule has 0 aliphatic carbocycles. The second-order valence-corrected chi connectivity index (χ2v) is 3.19. The van der Waals surface area contributed by atoms with Gasteiger partial charge in [-0.1, -0.05) is 30.3 Å². The number of nitrogens with one attached hydrogen (secondary N) is 2. The molecule has 0 heterocycles. The molecule has 4 nitrogen and oxygen atoms in total. The number of carbonyl (C=O) groups is 2. The maximum absolute atomic E-state index is 11.3. The van der Waals surface area contributed by atoms with Crippen LogP contribution in [0.25, 0.3) is 6.08 Å². The van der Waals surface area contributed by atoms with E-state index in [2.05, 4.69) is 10.6 Å². The Bertz CT molecular complexity index is 385. The highest BCUT2D eigenvalue weighted by Gasteiger charge is 2.02. The maximum atomic E-state index is 11.3. The first kappa shape index (κ1) is 12.1. The van der Waals surface area contributed by atoms with E-state index in [0.29, 0.717) is 0 Å². The summed E-state index contributed by atoms with van der Waals surface area (Å²) in [4.78, 5) is 22.3. The smallest absolute Gasteiger partial charge is 0.250 e. The summed E-state index contributed by atoms with van der Waals surface area (Å²) in [6.45, 7) is 0.130. The third-order valence-corrected chi connectivity index (χ3v) is 1.83. The number of benzene rings is 1. The fourth-order valence-electron chi connectivity index (χ4n) is 1.12. The lowest BCUT2D eigenvalue weighted by Crippen LogP contribution is -2.35. The average molecular weight is 218 g/mol. The first-order valence-electron chi connectivity index (χ1n) is 4.94. The van der Waals surface area contributed by atoms with Gasteiger partial charge in [0.1, 0.15) is 0 Å². The van der Waals surface area contributed by atoms with Crippen molar-refractivity contribution in [3.8, 4) is 0 Å². The Morgan fingerprint density at radius 2 is 1.94 bits per heavy atom. The van der Waals surface area contributed by atoms with Gasteiger partial charge in [0, 0.05) is 6.08 Å². The van der Waals surface area contributed by atoms with E-state index >= 15 is 0 Å². The molecule has 16 heavy (non-hydrogen) atoms. The summed E-state index contributed by atoms with van der Waals surface area (Å²) in [5.74, 6) is -0.755. The minimum absolute atomic E-state index is 0.130. The Morgan fingerprint density at radius 3 is 2.56 bits per heavy atom. The second kappa shape index (κ2) is 6.53. The third-order valence-electron chi connectivity index (χ3n) is 1.83. The van der Waals surface area contributed by atoms with Crippen LogP contribution in [0.2, 0.25) is 0 Å². The molecule has 1 aromatic carbocycles. The number of hydrogen-bond acceptors (Lipinski definition) is 3. The molecule has 0 saturated carbocycles. The van der Waals surface area contributed by atoms with Gasteiger partial charge in [-0.05, 0) is 18.7 Å². The number of amides is 2. The molecule has 0 saturated heterocycles. The summed E-state index contributed by atoms with van der Waals surface area (Å²) in [6, 6.07) is 9.40. The van der Waals surface area contributed by atoms with E-state index in [4.69, 9.17) is 0 Å². The number of rotatable bonds is 4. The predicted molar refractivity (Wildman–Crippen MR) is 62.6 cm³/mol. The number of hydrogen-bond donors (Lipinski definition) is 2.